The predicted octanol–water partition coefficient (Wildman–Crippen LogP) is 0.553. The highest BCUT2D eigenvalue weighted by atomic mass is 16.1. The number of aromatic amines is 2. The van der Waals surface area contributed by atoms with Crippen LogP contribution in [-0.4, -0.2) is 15.2 Å². The van der Waals surface area contributed by atoms with Gasteiger partial charge in [0, 0.05) is 11.1 Å². The molecule has 0 fully saturated rings. The van der Waals surface area contributed by atoms with Gasteiger partial charge in [-0.3, -0.25) is 24.8 Å². The Hall–Kier alpha value is -2.60. The molecule has 2 aromatic rings. The number of nitrogens with zero attached hydrogens (tertiary/aromatic N) is 4. The Balaban J connectivity index is 3.10. The smallest absolute Gasteiger partial charge is 0.267 e. The van der Waals surface area contributed by atoms with Gasteiger partial charge in [-0.15, -0.1) is 0 Å². The Morgan fingerprint density at radius 3 is 2.80 bits per heavy atom. The third kappa shape index (κ3) is 1.34. The molecular weight excluding hydrogens is 200 g/mol. The number of pyridine rings is 1. The number of rotatable bonds is 1. The molecule has 74 valence electrons. The predicted molar refractivity (Wildman–Crippen MR) is 51.8 cm³/mol. The average molecular weight is 204 g/mol. The molecule has 2 rings (SSSR count). The molecule has 0 aromatic carbocycles. The lowest BCUT2D eigenvalue weighted by Gasteiger charge is -1.96. The van der Waals surface area contributed by atoms with E-state index in [0.29, 0.717) is 0 Å². The van der Waals surface area contributed by atoms with Crippen LogP contribution in [0.15, 0.2) is 27.0 Å². The van der Waals surface area contributed by atoms with Gasteiger partial charge in [-0.1, -0.05) is 0 Å². The summed E-state index contributed by atoms with van der Waals surface area (Å²) >= 11 is 0. The molecule has 2 heterocycles. The largest absolute Gasteiger partial charge is 0.272 e. The van der Waals surface area contributed by atoms with Crippen molar-refractivity contribution < 1.29 is 0 Å². The molecule has 0 aliphatic carbocycles. The van der Waals surface area contributed by atoms with E-state index in [1.165, 1.54) is 12.3 Å². The second-order valence-corrected chi connectivity index (χ2v) is 2.65. The molecule has 2 N–H and O–H groups in total. The SMILES string of the molecule is [N-]=[N+]=Nc1nccc2c(=O)[nH][nH]c(=O)c12. The van der Waals surface area contributed by atoms with Gasteiger partial charge < -0.3 is 0 Å². The maximum absolute atomic E-state index is 11.4. The summed E-state index contributed by atoms with van der Waals surface area (Å²) in [6.45, 7) is 0. The Kier molecular flexibility index (Phi) is 1.96. The monoisotopic (exact) mass is 204 g/mol. The number of aromatic nitrogens is 3. The van der Waals surface area contributed by atoms with Crippen LogP contribution in [-0.2, 0) is 0 Å². The van der Waals surface area contributed by atoms with Crippen molar-refractivity contribution in [3.8, 4) is 0 Å². The molecule has 0 radical (unpaired) electrons. The minimum atomic E-state index is -0.555. The van der Waals surface area contributed by atoms with Crippen molar-refractivity contribution in [2.24, 2.45) is 5.11 Å². The minimum Gasteiger partial charge on any atom is -0.267 e. The first-order valence-electron chi connectivity index (χ1n) is 3.89. The van der Waals surface area contributed by atoms with Gasteiger partial charge in [-0.25, -0.2) is 0 Å². The molecular formula is C7H4N6O2. The fourth-order valence-corrected chi connectivity index (χ4v) is 1.23. The van der Waals surface area contributed by atoms with Gasteiger partial charge in [0.1, 0.15) is 5.82 Å². The van der Waals surface area contributed by atoms with Crippen molar-refractivity contribution in [1.82, 2.24) is 15.2 Å². The summed E-state index contributed by atoms with van der Waals surface area (Å²) in [5, 5.41) is 7.64. The summed E-state index contributed by atoms with van der Waals surface area (Å²) in [6, 6.07) is 1.37. The van der Waals surface area contributed by atoms with Gasteiger partial charge in [0.25, 0.3) is 11.1 Å². The van der Waals surface area contributed by atoms with E-state index in [1.54, 1.807) is 0 Å². The van der Waals surface area contributed by atoms with E-state index in [4.69, 9.17) is 5.53 Å². The van der Waals surface area contributed by atoms with Crippen LogP contribution in [0.3, 0.4) is 0 Å². The first-order valence-corrected chi connectivity index (χ1v) is 3.89. The van der Waals surface area contributed by atoms with E-state index in [9.17, 15) is 9.59 Å². The second-order valence-electron chi connectivity index (χ2n) is 2.65. The molecule has 0 aliphatic rings. The van der Waals surface area contributed by atoms with Crippen molar-refractivity contribution >= 4 is 16.6 Å². The van der Waals surface area contributed by atoms with E-state index in [0.717, 1.165) is 0 Å². The van der Waals surface area contributed by atoms with Crippen LogP contribution in [0.2, 0.25) is 0 Å². The molecule has 8 heteroatoms. The molecule has 8 nitrogen and oxygen atoms in total. The fourth-order valence-electron chi connectivity index (χ4n) is 1.23. The Labute approximate surface area is 81.2 Å². The fraction of sp³-hybridized carbons (Fsp3) is 0. The van der Waals surface area contributed by atoms with Gasteiger partial charge in [-0.2, -0.15) is 0 Å². The van der Waals surface area contributed by atoms with Crippen LogP contribution >= 0.6 is 0 Å². The molecule has 0 unspecified atom stereocenters. The molecule has 0 saturated heterocycles. The maximum Gasteiger partial charge on any atom is 0.272 e. The molecule has 0 spiro atoms. The number of azide groups is 1. The zero-order valence-corrected chi connectivity index (χ0v) is 7.26. The summed E-state index contributed by atoms with van der Waals surface area (Å²) in [5.41, 5.74) is 7.23. The van der Waals surface area contributed by atoms with Crippen LogP contribution in [0.25, 0.3) is 21.2 Å². The van der Waals surface area contributed by atoms with Gasteiger partial charge >= 0.3 is 0 Å². The van der Waals surface area contributed by atoms with Crippen LogP contribution in [0.4, 0.5) is 5.82 Å². The Bertz CT molecular complexity index is 678. The van der Waals surface area contributed by atoms with E-state index < -0.39 is 11.1 Å². The van der Waals surface area contributed by atoms with Gasteiger partial charge in [0.2, 0.25) is 0 Å². The lowest BCUT2D eigenvalue weighted by molar-refractivity contribution is 0.974. The van der Waals surface area contributed by atoms with E-state index in [2.05, 4.69) is 25.2 Å². The third-order valence-corrected chi connectivity index (χ3v) is 1.83. The average Bonchev–Trinajstić information content (AvgIpc) is 2.24. The maximum atomic E-state index is 11.4. The molecule has 0 atom stereocenters. The first kappa shape index (κ1) is 8.97. The summed E-state index contributed by atoms with van der Waals surface area (Å²) in [7, 11) is 0. The first-order chi connectivity index (χ1) is 7.24. The molecule has 0 aliphatic heterocycles. The third-order valence-electron chi connectivity index (χ3n) is 1.83. The number of nitrogens with one attached hydrogen (secondary N) is 2. The number of fused-ring (bicyclic) bond motifs is 1. The Morgan fingerprint density at radius 2 is 2.07 bits per heavy atom. The lowest BCUT2D eigenvalue weighted by atomic mass is 10.2. The van der Waals surface area contributed by atoms with Crippen molar-refractivity contribution in [3.63, 3.8) is 0 Å². The zero-order valence-electron chi connectivity index (χ0n) is 7.26. The quantitative estimate of drug-likeness (QED) is 0.400. The number of H-pyrrole nitrogens is 2. The van der Waals surface area contributed by atoms with Crippen LogP contribution in [0.5, 0.6) is 0 Å². The number of hydrogen-bond acceptors (Lipinski definition) is 4. The summed E-state index contributed by atoms with van der Waals surface area (Å²) in [4.78, 5) is 28.9. The van der Waals surface area contributed by atoms with Crippen LogP contribution in [0.1, 0.15) is 0 Å². The summed E-state index contributed by atoms with van der Waals surface area (Å²) in [5.74, 6) is -0.109. The molecule has 0 amide bonds. The van der Waals surface area contributed by atoms with Crippen LogP contribution < -0.4 is 11.1 Å². The van der Waals surface area contributed by atoms with E-state index >= 15 is 0 Å². The molecule has 15 heavy (non-hydrogen) atoms. The topological polar surface area (TPSA) is 127 Å². The summed E-state index contributed by atoms with van der Waals surface area (Å²) in [6.07, 6.45) is 1.29. The molecule has 0 bridgehead atoms. The highest BCUT2D eigenvalue weighted by Crippen LogP contribution is 2.16. The van der Waals surface area contributed by atoms with E-state index in [1.807, 2.05) is 0 Å². The van der Waals surface area contributed by atoms with Gasteiger partial charge in [0.15, 0.2) is 0 Å². The van der Waals surface area contributed by atoms with Crippen molar-refractivity contribution in [2.75, 3.05) is 0 Å². The normalized spacial score (nSPS) is 9.87. The van der Waals surface area contributed by atoms with Crippen LogP contribution in [0, 0.1) is 0 Å². The lowest BCUT2D eigenvalue weighted by Crippen LogP contribution is -2.19. The highest BCUT2D eigenvalue weighted by molar-refractivity contribution is 5.88. The van der Waals surface area contributed by atoms with E-state index in [-0.39, 0.29) is 16.6 Å². The second kappa shape index (κ2) is 3.28. The van der Waals surface area contributed by atoms with Gasteiger partial charge in [0.05, 0.1) is 10.8 Å². The number of hydrogen-bond donors (Lipinski definition) is 2. The minimum absolute atomic E-state index is 0.0148. The van der Waals surface area contributed by atoms with Gasteiger partial charge in [-0.05, 0) is 16.7 Å². The highest BCUT2D eigenvalue weighted by Gasteiger charge is 2.07. The summed E-state index contributed by atoms with van der Waals surface area (Å²) < 4.78 is 0. The van der Waals surface area contributed by atoms with Crippen molar-refractivity contribution in [2.45, 2.75) is 0 Å². The zero-order chi connectivity index (χ0) is 10.8. The van der Waals surface area contributed by atoms with Crippen molar-refractivity contribution in [3.05, 3.63) is 43.4 Å². The Morgan fingerprint density at radius 1 is 1.33 bits per heavy atom. The van der Waals surface area contributed by atoms with Crippen molar-refractivity contribution in [1.29, 1.82) is 0 Å². The standard InChI is InChI=1S/C7H4N6O2/c8-13-10-5-4-3(1-2-9-5)6(14)11-12-7(4)15/h1-2H,(H,11,14)(H,12,15). The molecule has 2 aromatic heterocycles. The molecule has 0 saturated carbocycles.